The summed E-state index contributed by atoms with van der Waals surface area (Å²) < 4.78 is 5.08. The van der Waals surface area contributed by atoms with Crippen molar-refractivity contribution in [3.8, 4) is 0 Å². The smallest absolute Gasteiger partial charge is 0.312 e. The third-order valence-electron chi connectivity index (χ3n) is 4.47. The summed E-state index contributed by atoms with van der Waals surface area (Å²) in [5.41, 5.74) is -0.166. The lowest BCUT2D eigenvalue weighted by atomic mass is 9.64. The van der Waals surface area contributed by atoms with Crippen molar-refractivity contribution in [2.45, 2.75) is 58.8 Å². The third kappa shape index (κ3) is 3.25. The van der Waals surface area contributed by atoms with E-state index in [0.717, 1.165) is 25.9 Å². The van der Waals surface area contributed by atoms with Crippen LogP contribution in [0.4, 0.5) is 0 Å². The number of hydrogen-bond acceptors (Lipinski definition) is 3. The number of carbonyl (C=O) groups is 1. The Labute approximate surface area is 112 Å². The van der Waals surface area contributed by atoms with Crippen LogP contribution in [0, 0.1) is 11.3 Å². The number of carbonyl (C=O) groups excluding carboxylic acids is 1. The lowest BCUT2D eigenvalue weighted by molar-refractivity contribution is -0.160. The summed E-state index contributed by atoms with van der Waals surface area (Å²) in [6, 6.07) is 0. The van der Waals surface area contributed by atoms with Crippen molar-refractivity contribution in [1.82, 2.24) is 5.32 Å². The molecule has 1 saturated carbocycles. The highest BCUT2D eigenvalue weighted by Gasteiger charge is 2.46. The van der Waals surface area contributed by atoms with Gasteiger partial charge in [0.15, 0.2) is 0 Å². The summed E-state index contributed by atoms with van der Waals surface area (Å²) in [7, 11) is 1.54. The molecule has 0 aromatic heterocycles. The van der Waals surface area contributed by atoms with Crippen molar-refractivity contribution in [1.29, 1.82) is 0 Å². The summed E-state index contributed by atoms with van der Waals surface area (Å²) in [6.45, 7) is 5.93. The molecular formula is C15H29NO2. The number of rotatable bonds is 2. The lowest BCUT2D eigenvalue weighted by Crippen LogP contribution is -2.48. The van der Waals surface area contributed by atoms with Gasteiger partial charge in [-0.2, -0.15) is 0 Å². The van der Waals surface area contributed by atoms with E-state index < -0.39 is 0 Å². The minimum absolute atomic E-state index is 0.0425. The molecule has 0 atom stereocenters. The Kier molecular flexibility index (Phi) is 6.69. The van der Waals surface area contributed by atoms with Crippen LogP contribution in [0.2, 0.25) is 0 Å². The Morgan fingerprint density at radius 1 is 1.11 bits per heavy atom. The van der Waals surface area contributed by atoms with E-state index in [4.69, 9.17) is 4.74 Å². The average Bonchev–Trinajstić information content (AvgIpc) is 2.50. The number of hydrogen-bond donors (Lipinski definition) is 1. The van der Waals surface area contributed by atoms with E-state index in [0.29, 0.717) is 5.92 Å². The van der Waals surface area contributed by atoms with Gasteiger partial charge in [0.2, 0.25) is 0 Å². The molecule has 0 radical (unpaired) electrons. The molecule has 2 aliphatic rings. The number of esters is 1. The molecule has 2 fully saturated rings. The summed E-state index contributed by atoms with van der Waals surface area (Å²) in [5, 5.41) is 3.35. The van der Waals surface area contributed by atoms with Crippen LogP contribution in [-0.4, -0.2) is 26.2 Å². The molecule has 0 aromatic carbocycles. The van der Waals surface area contributed by atoms with Crippen LogP contribution in [0.5, 0.6) is 0 Å². The summed E-state index contributed by atoms with van der Waals surface area (Å²) in [4.78, 5) is 12.1. The molecule has 0 unspecified atom stereocenters. The highest BCUT2D eigenvalue weighted by atomic mass is 16.5. The first-order valence-corrected chi connectivity index (χ1v) is 7.59. The fourth-order valence-electron chi connectivity index (χ4n) is 3.51. The van der Waals surface area contributed by atoms with Crippen molar-refractivity contribution in [3.05, 3.63) is 0 Å². The molecule has 1 aliphatic heterocycles. The van der Waals surface area contributed by atoms with E-state index in [1.54, 1.807) is 0 Å². The normalized spacial score (nSPS) is 23.7. The first-order valence-electron chi connectivity index (χ1n) is 7.59. The maximum absolute atomic E-state index is 12.1. The van der Waals surface area contributed by atoms with E-state index in [1.807, 2.05) is 13.8 Å². The van der Waals surface area contributed by atoms with E-state index in [-0.39, 0.29) is 11.4 Å². The molecule has 0 aromatic rings. The maximum atomic E-state index is 12.1. The van der Waals surface area contributed by atoms with Gasteiger partial charge in [-0.3, -0.25) is 4.79 Å². The standard InChI is InChI=1S/C13H23NO2.C2H6/c1-16-12(15)13(7-9-14-10-8-13)11-5-3-2-4-6-11;1-2/h11,14H,2-10H2,1H3;1-2H3. The van der Waals surface area contributed by atoms with Crippen LogP contribution < -0.4 is 5.32 Å². The highest BCUT2D eigenvalue weighted by Crippen LogP contribution is 2.45. The van der Waals surface area contributed by atoms with E-state index in [2.05, 4.69) is 5.32 Å². The lowest BCUT2D eigenvalue weighted by Gasteiger charge is -2.43. The molecule has 1 saturated heterocycles. The number of methoxy groups -OCH3 is 1. The predicted octanol–water partition coefficient (Wildman–Crippen LogP) is 3.14. The third-order valence-corrected chi connectivity index (χ3v) is 4.47. The largest absolute Gasteiger partial charge is 0.469 e. The molecule has 1 aliphatic carbocycles. The number of piperidine rings is 1. The van der Waals surface area contributed by atoms with Gasteiger partial charge in [-0.05, 0) is 44.7 Å². The van der Waals surface area contributed by atoms with E-state index >= 15 is 0 Å². The molecule has 0 spiro atoms. The van der Waals surface area contributed by atoms with Gasteiger partial charge in [0.1, 0.15) is 0 Å². The van der Waals surface area contributed by atoms with Crippen molar-refractivity contribution in [3.63, 3.8) is 0 Å². The van der Waals surface area contributed by atoms with Gasteiger partial charge in [-0.15, -0.1) is 0 Å². The zero-order valence-electron chi connectivity index (χ0n) is 12.3. The molecule has 106 valence electrons. The van der Waals surface area contributed by atoms with Crippen LogP contribution >= 0.6 is 0 Å². The van der Waals surface area contributed by atoms with Crippen LogP contribution in [0.25, 0.3) is 0 Å². The minimum atomic E-state index is -0.166. The Morgan fingerprint density at radius 3 is 2.17 bits per heavy atom. The van der Waals surface area contributed by atoms with Gasteiger partial charge >= 0.3 is 5.97 Å². The van der Waals surface area contributed by atoms with Crippen molar-refractivity contribution >= 4 is 5.97 Å². The second-order valence-electron chi connectivity index (χ2n) is 5.23. The Balaban J connectivity index is 0.000000771. The van der Waals surface area contributed by atoms with Crippen LogP contribution in [0.15, 0.2) is 0 Å². The van der Waals surface area contributed by atoms with Crippen LogP contribution in [0.3, 0.4) is 0 Å². The summed E-state index contributed by atoms with van der Waals surface area (Å²) in [6.07, 6.45) is 8.28. The second-order valence-corrected chi connectivity index (χ2v) is 5.23. The SMILES string of the molecule is CC.COC(=O)C1(C2CCCCC2)CCNCC1. The highest BCUT2D eigenvalue weighted by molar-refractivity contribution is 5.77. The van der Waals surface area contributed by atoms with Gasteiger partial charge < -0.3 is 10.1 Å². The zero-order chi connectivity index (χ0) is 13.4. The molecular weight excluding hydrogens is 226 g/mol. The van der Waals surface area contributed by atoms with E-state index in [9.17, 15) is 4.79 Å². The minimum Gasteiger partial charge on any atom is -0.469 e. The number of ether oxygens (including phenoxy) is 1. The van der Waals surface area contributed by atoms with Crippen LogP contribution in [0.1, 0.15) is 58.8 Å². The topological polar surface area (TPSA) is 38.3 Å². The van der Waals surface area contributed by atoms with Crippen LogP contribution in [-0.2, 0) is 9.53 Å². The second kappa shape index (κ2) is 7.78. The Morgan fingerprint density at radius 2 is 1.67 bits per heavy atom. The number of nitrogens with one attached hydrogen (secondary N) is 1. The molecule has 1 N–H and O–H groups in total. The maximum Gasteiger partial charge on any atom is 0.312 e. The molecule has 0 bridgehead atoms. The summed E-state index contributed by atoms with van der Waals surface area (Å²) in [5.74, 6) is 0.608. The average molecular weight is 255 g/mol. The predicted molar refractivity (Wildman–Crippen MR) is 74.5 cm³/mol. The van der Waals surface area contributed by atoms with Crippen molar-refractivity contribution in [2.24, 2.45) is 11.3 Å². The molecule has 3 heteroatoms. The molecule has 1 heterocycles. The summed E-state index contributed by atoms with van der Waals surface area (Å²) >= 11 is 0. The van der Waals surface area contributed by atoms with Gasteiger partial charge in [0.05, 0.1) is 12.5 Å². The van der Waals surface area contributed by atoms with Crippen molar-refractivity contribution < 1.29 is 9.53 Å². The quantitative estimate of drug-likeness (QED) is 0.770. The molecule has 0 amide bonds. The van der Waals surface area contributed by atoms with Gasteiger partial charge in [-0.1, -0.05) is 33.1 Å². The fraction of sp³-hybridized carbons (Fsp3) is 0.933. The monoisotopic (exact) mass is 255 g/mol. The van der Waals surface area contributed by atoms with Gasteiger partial charge in [-0.25, -0.2) is 0 Å². The zero-order valence-corrected chi connectivity index (χ0v) is 12.3. The van der Waals surface area contributed by atoms with Crippen molar-refractivity contribution in [2.75, 3.05) is 20.2 Å². The Hall–Kier alpha value is -0.570. The first kappa shape index (κ1) is 15.5. The van der Waals surface area contributed by atoms with E-state index in [1.165, 1.54) is 39.2 Å². The first-order chi connectivity index (χ1) is 8.79. The molecule has 2 rings (SSSR count). The molecule has 3 nitrogen and oxygen atoms in total. The Bertz CT molecular complexity index is 241. The fourth-order valence-corrected chi connectivity index (χ4v) is 3.51. The van der Waals surface area contributed by atoms with Gasteiger partial charge in [0, 0.05) is 0 Å². The molecule has 18 heavy (non-hydrogen) atoms. The van der Waals surface area contributed by atoms with Gasteiger partial charge in [0.25, 0.3) is 0 Å².